The van der Waals surface area contributed by atoms with Crippen LogP contribution < -0.4 is 0 Å². The van der Waals surface area contributed by atoms with Crippen molar-refractivity contribution in [3.05, 3.63) is 23.8 Å². The fourth-order valence-electron chi connectivity index (χ4n) is 3.18. The molecule has 2 rings (SSSR count). The van der Waals surface area contributed by atoms with Crippen LogP contribution in [0.15, 0.2) is 18.2 Å². The quantitative estimate of drug-likeness (QED) is 0.768. The van der Waals surface area contributed by atoms with Crippen LogP contribution in [0.25, 0.3) is 0 Å². The zero-order valence-corrected chi connectivity index (χ0v) is 11.6. The van der Waals surface area contributed by atoms with Gasteiger partial charge in [-0.05, 0) is 62.0 Å². The maximum Gasteiger partial charge on any atom is 0.303 e. The number of phenolic OH excluding ortho intramolecular Hbond substituents is 2. The van der Waals surface area contributed by atoms with Gasteiger partial charge in [-0.1, -0.05) is 6.07 Å². The zero-order valence-electron chi connectivity index (χ0n) is 11.6. The standard InChI is InChI=1S/C16H22O4/c17-13-8-9-14(15(18)10-13)12-6-4-11(5-7-12)2-1-3-16(19)20/h8-12,17-18H,1-7H2,(H,19,20). The van der Waals surface area contributed by atoms with E-state index < -0.39 is 5.97 Å². The normalized spacial score (nSPS) is 22.6. The van der Waals surface area contributed by atoms with Gasteiger partial charge in [-0.2, -0.15) is 0 Å². The van der Waals surface area contributed by atoms with Crippen molar-refractivity contribution >= 4 is 5.97 Å². The summed E-state index contributed by atoms with van der Waals surface area (Å²) in [6.07, 6.45) is 6.23. The topological polar surface area (TPSA) is 77.8 Å². The maximum absolute atomic E-state index is 10.5. The molecule has 110 valence electrons. The van der Waals surface area contributed by atoms with Crippen LogP contribution in [0.5, 0.6) is 11.5 Å². The molecule has 4 nitrogen and oxygen atoms in total. The summed E-state index contributed by atoms with van der Waals surface area (Å²) in [4.78, 5) is 10.5. The lowest BCUT2D eigenvalue weighted by molar-refractivity contribution is -0.137. The summed E-state index contributed by atoms with van der Waals surface area (Å²) < 4.78 is 0. The number of phenols is 2. The largest absolute Gasteiger partial charge is 0.508 e. The molecule has 0 bridgehead atoms. The number of hydrogen-bond donors (Lipinski definition) is 3. The molecule has 1 aliphatic rings. The zero-order chi connectivity index (χ0) is 14.5. The summed E-state index contributed by atoms with van der Waals surface area (Å²) in [5.41, 5.74) is 0.923. The van der Waals surface area contributed by atoms with Gasteiger partial charge in [0.25, 0.3) is 0 Å². The second-order valence-electron chi connectivity index (χ2n) is 5.75. The lowest BCUT2D eigenvalue weighted by Gasteiger charge is -2.29. The van der Waals surface area contributed by atoms with Crippen LogP contribution in [0.3, 0.4) is 0 Å². The molecule has 0 aliphatic heterocycles. The van der Waals surface area contributed by atoms with Gasteiger partial charge < -0.3 is 15.3 Å². The van der Waals surface area contributed by atoms with E-state index in [1.165, 1.54) is 6.07 Å². The first-order valence-electron chi connectivity index (χ1n) is 7.30. The van der Waals surface area contributed by atoms with E-state index >= 15 is 0 Å². The highest BCUT2D eigenvalue weighted by atomic mass is 16.4. The lowest BCUT2D eigenvalue weighted by atomic mass is 9.77. The molecule has 0 aromatic heterocycles. The molecule has 1 aliphatic carbocycles. The first-order chi connectivity index (χ1) is 9.56. The maximum atomic E-state index is 10.5. The molecule has 1 aromatic rings. The summed E-state index contributed by atoms with van der Waals surface area (Å²) in [7, 11) is 0. The van der Waals surface area contributed by atoms with Gasteiger partial charge >= 0.3 is 5.97 Å². The number of rotatable bonds is 5. The monoisotopic (exact) mass is 278 g/mol. The number of carboxylic acid groups (broad SMARTS) is 1. The van der Waals surface area contributed by atoms with Crippen molar-refractivity contribution in [2.45, 2.75) is 50.9 Å². The second-order valence-corrected chi connectivity index (χ2v) is 5.75. The van der Waals surface area contributed by atoms with Crippen LogP contribution in [-0.4, -0.2) is 21.3 Å². The van der Waals surface area contributed by atoms with E-state index in [1.54, 1.807) is 12.1 Å². The van der Waals surface area contributed by atoms with Gasteiger partial charge in [0.15, 0.2) is 0 Å². The van der Waals surface area contributed by atoms with Crippen molar-refractivity contribution in [2.75, 3.05) is 0 Å². The molecule has 0 atom stereocenters. The highest BCUT2D eigenvalue weighted by Crippen LogP contribution is 2.41. The van der Waals surface area contributed by atoms with Crippen molar-refractivity contribution < 1.29 is 20.1 Å². The van der Waals surface area contributed by atoms with Gasteiger partial charge in [0.2, 0.25) is 0 Å². The number of aliphatic carboxylic acids is 1. The van der Waals surface area contributed by atoms with Gasteiger partial charge in [-0.15, -0.1) is 0 Å². The highest BCUT2D eigenvalue weighted by molar-refractivity contribution is 5.66. The van der Waals surface area contributed by atoms with Crippen LogP contribution >= 0.6 is 0 Å². The lowest BCUT2D eigenvalue weighted by Crippen LogP contribution is -2.14. The average Bonchev–Trinajstić information content (AvgIpc) is 2.39. The Balaban J connectivity index is 1.83. The van der Waals surface area contributed by atoms with Crippen molar-refractivity contribution in [1.82, 2.24) is 0 Å². The van der Waals surface area contributed by atoms with Crippen molar-refractivity contribution in [3.8, 4) is 11.5 Å². The smallest absolute Gasteiger partial charge is 0.303 e. The van der Waals surface area contributed by atoms with Gasteiger partial charge in [0, 0.05) is 12.5 Å². The minimum atomic E-state index is -0.715. The Morgan fingerprint density at radius 1 is 1.15 bits per heavy atom. The van der Waals surface area contributed by atoms with Crippen LogP contribution in [0.1, 0.15) is 56.4 Å². The Hall–Kier alpha value is -1.71. The Labute approximate surface area is 119 Å². The fourth-order valence-corrected chi connectivity index (χ4v) is 3.18. The van der Waals surface area contributed by atoms with E-state index in [-0.39, 0.29) is 17.9 Å². The van der Waals surface area contributed by atoms with Crippen LogP contribution in [0.2, 0.25) is 0 Å². The van der Waals surface area contributed by atoms with E-state index in [9.17, 15) is 15.0 Å². The summed E-state index contributed by atoms with van der Waals surface area (Å²) in [6.45, 7) is 0. The minimum absolute atomic E-state index is 0.0913. The molecular formula is C16H22O4. The molecule has 0 saturated heterocycles. The number of hydrogen-bond acceptors (Lipinski definition) is 3. The SMILES string of the molecule is O=C(O)CCCC1CCC(c2ccc(O)cc2O)CC1. The van der Waals surface area contributed by atoms with Gasteiger partial charge in [0.1, 0.15) is 11.5 Å². The Kier molecular flexibility index (Phi) is 4.88. The first kappa shape index (κ1) is 14.7. The van der Waals surface area contributed by atoms with Crippen molar-refractivity contribution in [1.29, 1.82) is 0 Å². The first-order valence-corrected chi connectivity index (χ1v) is 7.30. The van der Waals surface area contributed by atoms with Crippen molar-refractivity contribution in [2.24, 2.45) is 5.92 Å². The van der Waals surface area contributed by atoms with Crippen LogP contribution in [-0.2, 0) is 4.79 Å². The summed E-state index contributed by atoms with van der Waals surface area (Å²) in [6, 6.07) is 4.82. The molecular weight excluding hydrogens is 256 g/mol. The van der Waals surface area contributed by atoms with E-state index in [1.807, 2.05) is 0 Å². The molecule has 3 N–H and O–H groups in total. The van der Waals surface area contributed by atoms with Crippen molar-refractivity contribution in [3.63, 3.8) is 0 Å². The average molecular weight is 278 g/mol. The predicted molar refractivity (Wildman–Crippen MR) is 76.0 cm³/mol. The van der Waals surface area contributed by atoms with Crippen LogP contribution in [0.4, 0.5) is 0 Å². The molecule has 0 spiro atoms. The molecule has 0 amide bonds. The Morgan fingerprint density at radius 3 is 2.45 bits per heavy atom. The van der Waals surface area contributed by atoms with Gasteiger partial charge in [-0.3, -0.25) is 4.79 Å². The van der Waals surface area contributed by atoms with Gasteiger partial charge in [-0.25, -0.2) is 0 Å². The van der Waals surface area contributed by atoms with E-state index in [4.69, 9.17) is 5.11 Å². The molecule has 1 aromatic carbocycles. The van der Waals surface area contributed by atoms with E-state index in [0.717, 1.165) is 44.1 Å². The third-order valence-electron chi connectivity index (χ3n) is 4.30. The van der Waals surface area contributed by atoms with E-state index in [2.05, 4.69) is 0 Å². The number of aromatic hydroxyl groups is 2. The Bertz CT molecular complexity index is 462. The molecule has 0 radical (unpaired) electrons. The molecule has 0 heterocycles. The number of carboxylic acids is 1. The third kappa shape index (κ3) is 3.89. The molecule has 1 fully saturated rings. The Morgan fingerprint density at radius 2 is 1.85 bits per heavy atom. The predicted octanol–water partition coefficient (Wildman–Crippen LogP) is 3.63. The van der Waals surface area contributed by atoms with Gasteiger partial charge in [0.05, 0.1) is 0 Å². The molecule has 1 saturated carbocycles. The summed E-state index contributed by atoms with van der Waals surface area (Å²) in [5.74, 6) is 0.525. The minimum Gasteiger partial charge on any atom is -0.508 e. The third-order valence-corrected chi connectivity index (χ3v) is 4.30. The molecule has 20 heavy (non-hydrogen) atoms. The fraction of sp³-hybridized carbons (Fsp3) is 0.562. The summed E-state index contributed by atoms with van der Waals surface area (Å²) in [5, 5.41) is 27.8. The highest BCUT2D eigenvalue weighted by Gasteiger charge is 2.24. The molecule has 4 heteroatoms. The number of carbonyl (C=O) groups is 1. The second kappa shape index (κ2) is 6.64. The van der Waals surface area contributed by atoms with Crippen LogP contribution in [0, 0.1) is 5.92 Å². The molecule has 0 unspecified atom stereocenters. The number of benzene rings is 1. The van der Waals surface area contributed by atoms with E-state index in [0.29, 0.717) is 11.8 Å². The summed E-state index contributed by atoms with van der Waals surface area (Å²) >= 11 is 0.